The highest BCUT2D eigenvalue weighted by Crippen LogP contribution is 2.49. The lowest BCUT2D eigenvalue weighted by Gasteiger charge is -2.20. The van der Waals surface area contributed by atoms with Crippen LogP contribution < -0.4 is 10.9 Å². The molecule has 0 radical (unpaired) electrons. The molecule has 5 heteroatoms. The summed E-state index contributed by atoms with van der Waals surface area (Å²) in [5, 5.41) is 0. The number of carbonyl (C=O) groups is 2. The summed E-state index contributed by atoms with van der Waals surface area (Å²) in [5.41, 5.74) is 5.05. The topological polar surface area (TPSA) is 58.2 Å². The monoisotopic (exact) mass is 292 g/mol. The normalized spacial score (nSPS) is 27.6. The van der Waals surface area contributed by atoms with Crippen LogP contribution in [0.15, 0.2) is 12.1 Å². The van der Waals surface area contributed by atoms with Gasteiger partial charge in [-0.3, -0.25) is 20.4 Å². The smallest absolute Gasteiger partial charge is 0.273 e. The minimum atomic E-state index is -0.232. The molecule has 2 fully saturated rings. The Labute approximate surface area is 122 Å². The predicted octanol–water partition coefficient (Wildman–Crippen LogP) is 2.64. The number of hydrazine groups is 1. The first-order chi connectivity index (χ1) is 9.61. The number of amides is 2. The number of aryl methyl sites for hydroxylation is 1. The third kappa shape index (κ3) is 2.87. The fourth-order valence-corrected chi connectivity index (χ4v) is 4.42. The van der Waals surface area contributed by atoms with Gasteiger partial charge >= 0.3 is 0 Å². The van der Waals surface area contributed by atoms with Crippen LogP contribution in [0.1, 0.15) is 46.7 Å². The molecule has 20 heavy (non-hydrogen) atoms. The van der Waals surface area contributed by atoms with Gasteiger partial charge in [0, 0.05) is 11.3 Å². The van der Waals surface area contributed by atoms with Crippen molar-refractivity contribution in [3.8, 4) is 0 Å². The van der Waals surface area contributed by atoms with Gasteiger partial charge in [-0.05, 0) is 56.1 Å². The Hall–Kier alpha value is -1.36. The first-order valence-corrected chi connectivity index (χ1v) is 8.09. The van der Waals surface area contributed by atoms with E-state index in [2.05, 4.69) is 10.9 Å². The fraction of sp³-hybridized carbons (Fsp3) is 0.600. The molecule has 2 saturated carbocycles. The molecular formula is C15H20N2O2S. The predicted molar refractivity (Wildman–Crippen MR) is 78.2 cm³/mol. The Morgan fingerprint density at radius 1 is 1.25 bits per heavy atom. The number of rotatable bonds is 3. The van der Waals surface area contributed by atoms with Crippen LogP contribution in [0, 0.1) is 24.7 Å². The summed E-state index contributed by atoms with van der Waals surface area (Å²) in [6.45, 7) is 1.95. The number of fused-ring (bicyclic) bond motifs is 2. The van der Waals surface area contributed by atoms with Crippen LogP contribution in [0.5, 0.6) is 0 Å². The lowest BCUT2D eigenvalue weighted by atomic mass is 9.86. The van der Waals surface area contributed by atoms with Crippen molar-refractivity contribution in [2.75, 3.05) is 0 Å². The highest BCUT2D eigenvalue weighted by Gasteiger charge is 2.40. The SMILES string of the molecule is Cc1ccc(C(=O)NNC(=O)CC2CC3CCC2C3)s1. The van der Waals surface area contributed by atoms with E-state index in [0.29, 0.717) is 17.2 Å². The van der Waals surface area contributed by atoms with E-state index < -0.39 is 0 Å². The zero-order chi connectivity index (χ0) is 14.1. The van der Waals surface area contributed by atoms with Gasteiger partial charge in [0.15, 0.2) is 0 Å². The van der Waals surface area contributed by atoms with Gasteiger partial charge in [0.2, 0.25) is 5.91 Å². The molecule has 4 nitrogen and oxygen atoms in total. The third-order valence-electron chi connectivity index (χ3n) is 4.61. The molecule has 108 valence electrons. The lowest BCUT2D eigenvalue weighted by molar-refractivity contribution is -0.123. The third-order valence-corrected chi connectivity index (χ3v) is 5.61. The minimum absolute atomic E-state index is 0.0656. The van der Waals surface area contributed by atoms with Crippen molar-refractivity contribution in [2.45, 2.75) is 39.0 Å². The molecule has 3 unspecified atom stereocenters. The lowest BCUT2D eigenvalue weighted by Crippen LogP contribution is -2.42. The van der Waals surface area contributed by atoms with Crippen molar-refractivity contribution < 1.29 is 9.59 Å². The molecular weight excluding hydrogens is 272 g/mol. The van der Waals surface area contributed by atoms with Gasteiger partial charge in [0.05, 0.1) is 4.88 Å². The molecule has 0 spiro atoms. The first kappa shape index (κ1) is 13.6. The highest BCUT2D eigenvalue weighted by molar-refractivity contribution is 7.13. The van der Waals surface area contributed by atoms with Crippen LogP contribution >= 0.6 is 11.3 Å². The summed E-state index contributed by atoms with van der Waals surface area (Å²) in [6.07, 6.45) is 5.67. The first-order valence-electron chi connectivity index (χ1n) is 7.27. The van der Waals surface area contributed by atoms with E-state index in [9.17, 15) is 9.59 Å². The summed E-state index contributed by atoms with van der Waals surface area (Å²) in [6, 6.07) is 3.67. The Kier molecular flexibility index (Phi) is 3.78. The van der Waals surface area contributed by atoms with Crippen LogP contribution in [-0.2, 0) is 4.79 Å². The van der Waals surface area contributed by atoms with Crippen LogP contribution in [0.3, 0.4) is 0 Å². The van der Waals surface area contributed by atoms with Crippen molar-refractivity contribution in [1.82, 2.24) is 10.9 Å². The van der Waals surface area contributed by atoms with E-state index in [4.69, 9.17) is 0 Å². The maximum Gasteiger partial charge on any atom is 0.279 e. The van der Waals surface area contributed by atoms with Gasteiger partial charge in [-0.2, -0.15) is 0 Å². The standard InChI is InChI=1S/C15H20N2O2S/c1-9-2-5-13(20-9)15(19)17-16-14(18)8-12-7-10-3-4-11(12)6-10/h2,5,10-12H,3-4,6-8H2,1H3,(H,16,18)(H,17,19). The van der Waals surface area contributed by atoms with Crippen LogP contribution in [-0.4, -0.2) is 11.8 Å². The van der Waals surface area contributed by atoms with E-state index in [0.717, 1.165) is 16.7 Å². The average Bonchev–Trinajstić information content (AvgIpc) is 3.12. The molecule has 1 heterocycles. The molecule has 3 atom stereocenters. The van der Waals surface area contributed by atoms with Gasteiger partial charge in [-0.15, -0.1) is 11.3 Å². The molecule has 2 aliphatic carbocycles. The average molecular weight is 292 g/mol. The molecule has 0 saturated heterocycles. The number of hydrogen-bond acceptors (Lipinski definition) is 3. The second-order valence-corrected chi connectivity index (χ2v) is 7.34. The van der Waals surface area contributed by atoms with E-state index in [-0.39, 0.29) is 11.8 Å². The fourth-order valence-electron chi connectivity index (χ4n) is 3.66. The molecule has 2 aliphatic rings. The zero-order valence-corrected chi connectivity index (χ0v) is 12.5. The summed E-state index contributed by atoms with van der Waals surface area (Å²) >= 11 is 1.43. The van der Waals surface area contributed by atoms with Crippen molar-refractivity contribution in [2.24, 2.45) is 17.8 Å². The molecule has 0 aliphatic heterocycles. The Morgan fingerprint density at radius 3 is 2.70 bits per heavy atom. The Morgan fingerprint density at radius 2 is 2.10 bits per heavy atom. The van der Waals surface area contributed by atoms with E-state index >= 15 is 0 Å². The summed E-state index contributed by atoms with van der Waals surface area (Å²) in [4.78, 5) is 25.4. The van der Waals surface area contributed by atoms with Crippen molar-refractivity contribution in [1.29, 1.82) is 0 Å². The summed E-state index contributed by atoms with van der Waals surface area (Å²) < 4.78 is 0. The molecule has 3 rings (SSSR count). The van der Waals surface area contributed by atoms with E-state index in [1.54, 1.807) is 6.07 Å². The molecule has 1 aromatic heterocycles. The number of nitrogens with one attached hydrogen (secondary N) is 2. The summed E-state index contributed by atoms with van der Waals surface area (Å²) in [7, 11) is 0. The minimum Gasteiger partial charge on any atom is -0.273 e. The highest BCUT2D eigenvalue weighted by atomic mass is 32.1. The van der Waals surface area contributed by atoms with Gasteiger partial charge in [0.25, 0.3) is 5.91 Å². The maximum atomic E-state index is 11.9. The van der Waals surface area contributed by atoms with Crippen molar-refractivity contribution >= 4 is 23.2 Å². The molecule has 2 N–H and O–H groups in total. The van der Waals surface area contributed by atoms with Crippen LogP contribution in [0.25, 0.3) is 0 Å². The Bertz CT molecular complexity index is 526. The Balaban J connectivity index is 1.44. The van der Waals surface area contributed by atoms with Gasteiger partial charge in [0.1, 0.15) is 0 Å². The number of thiophene rings is 1. The van der Waals surface area contributed by atoms with E-state index in [1.165, 1.54) is 37.0 Å². The molecule has 1 aromatic rings. The van der Waals surface area contributed by atoms with Crippen molar-refractivity contribution in [3.05, 3.63) is 21.9 Å². The maximum absolute atomic E-state index is 11.9. The molecule has 2 bridgehead atoms. The second kappa shape index (κ2) is 5.56. The summed E-state index contributed by atoms with van der Waals surface area (Å²) in [5.74, 6) is 1.81. The second-order valence-electron chi connectivity index (χ2n) is 6.05. The molecule has 0 aromatic carbocycles. The largest absolute Gasteiger partial charge is 0.279 e. The number of carbonyl (C=O) groups excluding carboxylic acids is 2. The molecule has 2 amide bonds. The van der Waals surface area contributed by atoms with Crippen LogP contribution in [0.2, 0.25) is 0 Å². The van der Waals surface area contributed by atoms with E-state index in [1.807, 2.05) is 13.0 Å². The van der Waals surface area contributed by atoms with Gasteiger partial charge in [-0.1, -0.05) is 6.42 Å². The van der Waals surface area contributed by atoms with Crippen molar-refractivity contribution in [3.63, 3.8) is 0 Å². The quantitative estimate of drug-likeness (QED) is 0.841. The van der Waals surface area contributed by atoms with Gasteiger partial charge < -0.3 is 0 Å². The number of hydrogen-bond donors (Lipinski definition) is 2. The van der Waals surface area contributed by atoms with Gasteiger partial charge in [-0.25, -0.2) is 0 Å². The zero-order valence-electron chi connectivity index (χ0n) is 11.6. The van der Waals surface area contributed by atoms with Crippen LogP contribution in [0.4, 0.5) is 0 Å².